The number of aliphatic carboxylic acids is 1. The molecule has 0 aromatic rings. The smallest absolute Gasteiger partial charge is 0.303 e. The Balaban J connectivity index is 2.40. The molecule has 0 aromatic heterocycles. The summed E-state index contributed by atoms with van der Waals surface area (Å²) in [6, 6.07) is 0. The molecule has 1 rings (SSSR count). The number of sulfonamides is 1. The van der Waals surface area contributed by atoms with Gasteiger partial charge in [0.15, 0.2) is 0 Å². The molecule has 1 N–H and O–H groups in total. The van der Waals surface area contributed by atoms with Crippen molar-refractivity contribution in [2.75, 3.05) is 18.8 Å². The number of carboxylic acids is 1. The van der Waals surface area contributed by atoms with Gasteiger partial charge in [0.1, 0.15) is 0 Å². The molecule has 0 amide bonds. The van der Waals surface area contributed by atoms with Gasteiger partial charge in [-0.3, -0.25) is 4.79 Å². The van der Waals surface area contributed by atoms with Crippen LogP contribution in [-0.2, 0) is 14.8 Å². The monoisotopic (exact) mass is 235 g/mol. The molecule has 1 heterocycles. The molecule has 0 aromatic carbocycles. The van der Waals surface area contributed by atoms with Crippen LogP contribution < -0.4 is 0 Å². The average molecular weight is 235 g/mol. The molecule has 0 spiro atoms. The summed E-state index contributed by atoms with van der Waals surface area (Å²) in [5, 5.41) is 8.41. The lowest BCUT2D eigenvalue weighted by molar-refractivity contribution is -0.137. The van der Waals surface area contributed by atoms with Crippen LogP contribution in [0.2, 0.25) is 0 Å². The van der Waals surface area contributed by atoms with Crippen LogP contribution in [0.25, 0.3) is 0 Å². The van der Waals surface area contributed by atoms with E-state index < -0.39 is 16.0 Å². The molecule has 0 atom stereocenters. The van der Waals surface area contributed by atoms with Gasteiger partial charge in [-0.15, -0.1) is 0 Å². The van der Waals surface area contributed by atoms with E-state index >= 15 is 0 Å². The Bertz CT molecular complexity index is 306. The van der Waals surface area contributed by atoms with Crippen LogP contribution >= 0.6 is 0 Å². The summed E-state index contributed by atoms with van der Waals surface area (Å²) >= 11 is 0. The largest absolute Gasteiger partial charge is 0.481 e. The van der Waals surface area contributed by atoms with Gasteiger partial charge in [0, 0.05) is 19.5 Å². The van der Waals surface area contributed by atoms with Crippen LogP contribution in [0.3, 0.4) is 0 Å². The van der Waals surface area contributed by atoms with E-state index in [0.29, 0.717) is 13.1 Å². The Morgan fingerprint density at radius 1 is 1.20 bits per heavy atom. The number of carboxylic acid groups (broad SMARTS) is 1. The summed E-state index contributed by atoms with van der Waals surface area (Å²) in [5.41, 5.74) is 0. The molecule has 88 valence electrons. The van der Waals surface area contributed by atoms with Crippen molar-refractivity contribution in [3.05, 3.63) is 0 Å². The second kappa shape index (κ2) is 5.46. The van der Waals surface area contributed by atoms with Crippen molar-refractivity contribution in [1.29, 1.82) is 0 Å². The molecule has 5 nitrogen and oxygen atoms in total. The molecule has 1 saturated heterocycles. The molecule has 6 heteroatoms. The fourth-order valence-corrected chi connectivity index (χ4v) is 3.26. The molecule has 1 fully saturated rings. The second-order valence-electron chi connectivity index (χ2n) is 3.77. The minimum atomic E-state index is -3.21. The highest BCUT2D eigenvalue weighted by Crippen LogP contribution is 2.14. The molecule has 0 aliphatic carbocycles. The number of nitrogens with zero attached hydrogens (tertiary/aromatic N) is 1. The Kier molecular flexibility index (Phi) is 4.53. The fourth-order valence-electron chi connectivity index (χ4n) is 1.68. The van der Waals surface area contributed by atoms with Gasteiger partial charge in [0.2, 0.25) is 10.0 Å². The van der Waals surface area contributed by atoms with E-state index in [1.807, 2.05) is 0 Å². The number of carbonyl (C=O) groups is 1. The summed E-state index contributed by atoms with van der Waals surface area (Å²) in [6.45, 7) is 1.19. The van der Waals surface area contributed by atoms with E-state index in [1.165, 1.54) is 4.31 Å². The molecular formula is C9H17NO4S. The Labute approximate surface area is 90.1 Å². The van der Waals surface area contributed by atoms with Crippen molar-refractivity contribution >= 4 is 16.0 Å². The lowest BCUT2D eigenvalue weighted by Crippen LogP contribution is -2.37. The predicted molar refractivity (Wildman–Crippen MR) is 56.1 cm³/mol. The van der Waals surface area contributed by atoms with Gasteiger partial charge in [0.25, 0.3) is 0 Å². The maximum absolute atomic E-state index is 11.7. The third-order valence-corrected chi connectivity index (χ3v) is 4.46. The van der Waals surface area contributed by atoms with Crippen LogP contribution in [0.1, 0.15) is 32.1 Å². The topological polar surface area (TPSA) is 74.7 Å². The zero-order chi connectivity index (χ0) is 11.3. The van der Waals surface area contributed by atoms with Gasteiger partial charge in [-0.05, 0) is 19.3 Å². The molecule has 1 aliphatic rings. The highest BCUT2D eigenvalue weighted by Gasteiger charge is 2.23. The van der Waals surface area contributed by atoms with Crippen molar-refractivity contribution in [2.24, 2.45) is 0 Å². The van der Waals surface area contributed by atoms with E-state index in [1.54, 1.807) is 0 Å². The maximum atomic E-state index is 11.7. The molecular weight excluding hydrogens is 218 g/mol. The predicted octanol–water partition coefficient (Wildman–Crippen LogP) is 0.667. The standard InChI is InChI=1S/C9H17NO4S/c11-9(12)5-4-8-15(13,14)10-6-2-1-3-7-10/h1-8H2,(H,11,12). The molecule has 0 radical (unpaired) electrons. The quantitative estimate of drug-likeness (QED) is 0.760. The SMILES string of the molecule is O=C(O)CCCS(=O)(=O)N1CCCCC1. The Morgan fingerprint density at radius 3 is 2.33 bits per heavy atom. The normalized spacial score (nSPS) is 18.9. The summed E-state index contributed by atoms with van der Waals surface area (Å²) in [5.74, 6) is -0.983. The maximum Gasteiger partial charge on any atom is 0.303 e. The van der Waals surface area contributed by atoms with E-state index in [4.69, 9.17) is 5.11 Å². The molecule has 1 aliphatic heterocycles. The summed E-state index contributed by atoms with van der Waals surface area (Å²) in [7, 11) is -3.21. The zero-order valence-corrected chi connectivity index (χ0v) is 9.50. The highest BCUT2D eigenvalue weighted by atomic mass is 32.2. The zero-order valence-electron chi connectivity index (χ0n) is 8.68. The molecule has 0 bridgehead atoms. The van der Waals surface area contributed by atoms with Crippen molar-refractivity contribution in [3.63, 3.8) is 0 Å². The fraction of sp³-hybridized carbons (Fsp3) is 0.889. The first-order chi connectivity index (χ1) is 7.02. The Hall–Kier alpha value is -0.620. The average Bonchev–Trinajstić information content (AvgIpc) is 2.18. The van der Waals surface area contributed by atoms with Crippen molar-refractivity contribution in [3.8, 4) is 0 Å². The van der Waals surface area contributed by atoms with Crippen LogP contribution in [0.4, 0.5) is 0 Å². The minimum absolute atomic E-state index is 0.0424. The first-order valence-corrected chi connectivity index (χ1v) is 6.83. The van der Waals surface area contributed by atoms with Gasteiger partial charge in [-0.2, -0.15) is 0 Å². The van der Waals surface area contributed by atoms with Crippen LogP contribution in [0.15, 0.2) is 0 Å². The summed E-state index contributed by atoms with van der Waals surface area (Å²) in [6.07, 6.45) is 3.04. The first kappa shape index (κ1) is 12.4. The second-order valence-corrected chi connectivity index (χ2v) is 5.86. The van der Waals surface area contributed by atoms with Gasteiger partial charge >= 0.3 is 5.97 Å². The van der Waals surface area contributed by atoms with Crippen LogP contribution in [0.5, 0.6) is 0 Å². The number of hydrogen-bond acceptors (Lipinski definition) is 3. The van der Waals surface area contributed by atoms with Crippen molar-refractivity contribution in [2.45, 2.75) is 32.1 Å². The van der Waals surface area contributed by atoms with Gasteiger partial charge < -0.3 is 5.11 Å². The minimum Gasteiger partial charge on any atom is -0.481 e. The van der Waals surface area contributed by atoms with E-state index in [-0.39, 0.29) is 18.6 Å². The van der Waals surface area contributed by atoms with Crippen LogP contribution in [0, 0.1) is 0 Å². The lowest BCUT2D eigenvalue weighted by atomic mass is 10.2. The third-order valence-electron chi connectivity index (χ3n) is 2.50. The highest BCUT2D eigenvalue weighted by molar-refractivity contribution is 7.89. The van der Waals surface area contributed by atoms with Crippen molar-refractivity contribution < 1.29 is 18.3 Å². The van der Waals surface area contributed by atoms with E-state index in [9.17, 15) is 13.2 Å². The molecule has 0 saturated carbocycles. The first-order valence-electron chi connectivity index (χ1n) is 5.22. The number of hydrogen-bond donors (Lipinski definition) is 1. The van der Waals surface area contributed by atoms with E-state index in [0.717, 1.165) is 19.3 Å². The third kappa shape index (κ3) is 4.17. The van der Waals surface area contributed by atoms with Gasteiger partial charge in [0.05, 0.1) is 5.75 Å². The van der Waals surface area contributed by atoms with Crippen molar-refractivity contribution in [1.82, 2.24) is 4.31 Å². The number of piperidine rings is 1. The van der Waals surface area contributed by atoms with E-state index in [2.05, 4.69) is 0 Å². The molecule has 15 heavy (non-hydrogen) atoms. The number of rotatable bonds is 5. The van der Waals surface area contributed by atoms with Crippen LogP contribution in [-0.4, -0.2) is 42.6 Å². The molecule has 0 unspecified atom stereocenters. The summed E-state index contributed by atoms with van der Waals surface area (Å²) in [4.78, 5) is 10.3. The van der Waals surface area contributed by atoms with Gasteiger partial charge in [-0.25, -0.2) is 12.7 Å². The lowest BCUT2D eigenvalue weighted by Gasteiger charge is -2.25. The Morgan fingerprint density at radius 2 is 1.80 bits per heavy atom. The van der Waals surface area contributed by atoms with Gasteiger partial charge in [-0.1, -0.05) is 6.42 Å². The summed E-state index contributed by atoms with van der Waals surface area (Å²) < 4.78 is 24.9.